The average Bonchev–Trinajstić information content (AvgIpc) is 2.16. The van der Waals surface area contributed by atoms with Crippen LogP contribution in [0.25, 0.3) is 0 Å². The number of hydrogen-bond donors (Lipinski definition) is 1. The first-order valence-electron chi connectivity index (χ1n) is 5.00. The van der Waals surface area contributed by atoms with Crippen molar-refractivity contribution in [1.29, 1.82) is 0 Å². The molecule has 1 N–H and O–H groups in total. The van der Waals surface area contributed by atoms with Gasteiger partial charge in [0.2, 0.25) is 0 Å². The highest BCUT2D eigenvalue weighted by Gasteiger charge is 2.11. The van der Waals surface area contributed by atoms with Crippen molar-refractivity contribution in [1.82, 2.24) is 5.32 Å². The van der Waals surface area contributed by atoms with Crippen molar-refractivity contribution in [2.75, 3.05) is 20.2 Å². The number of carbonyl (C=O) groups is 1. The van der Waals surface area contributed by atoms with Gasteiger partial charge in [0.15, 0.2) is 0 Å². The molecule has 0 aromatic rings. The molecule has 0 aliphatic carbocycles. The van der Waals surface area contributed by atoms with Crippen molar-refractivity contribution in [3.05, 3.63) is 0 Å². The third kappa shape index (κ3) is 6.58. The van der Waals surface area contributed by atoms with Crippen LogP contribution in [0.3, 0.4) is 0 Å². The van der Waals surface area contributed by atoms with E-state index in [9.17, 15) is 4.79 Å². The summed E-state index contributed by atoms with van der Waals surface area (Å²) in [6.45, 7) is 5.77. The van der Waals surface area contributed by atoms with E-state index in [-0.39, 0.29) is 11.9 Å². The second-order valence-corrected chi connectivity index (χ2v) is 3.34. The van der Waals surface area contributed by atoms with Crippen LogP contribution in [0.1, 0.15) is 33.1 Å². The number of ether oxygens (including phenoxy) is 1. The summed E-state index contributed by atoms with van der Waals surface area (Å²) in [4.78, 5) is 11.0. The summed E-state index contributed by atoms with van der Waals surface area (Å²) in [7, 11) is 1.43. The molecule has 3 heteroatoms. The number of esters is 1. The summed E-state index contributed by atoms with van der Waals surface area (Å²) in [5.41, 5.74) is 0. The van der Waals surface area contributed by atoms with E-state index in [1.807, 2.05) is 6.92 Å². The maximum Gasteiger partial charge on any atom is 0.309 e. The number of carbonyl (C=O) groups excluding carboxylic acids is 1. The molecule has 0 fully saturated rings. The molecule has 0 heterocycles. The zero-order valence-electron chi connectivity index (χ0n) is 8.93. The molecule has 0 radical (unpaired) electrons. The van der Waals surface area contributed by atoms with E-state index in [4.69, 9.17) is 0 Å². The van der Waals surface area contributed by atoms with Crippen molar-refractivity contribution in [2.45, 2.75) is 33.1 Å². The molecule has 0 saturated carbocycles. The van der Waals surface area contributed by atoms with Gasteiger partial charge in [0.25, 0.3) is 0 Å². The molecule has 0 saturated heterocycles. The highest BCUT2D eigenvalue weighted by atomic mass is 16.5. The predicted octanol–water partition coefficient (Wildman–Crippen LogP) is 1.58. The lowest BCUT2D eigenvalue weighted by Gasteiger charge is -2.09. The Kier molecular flexibility index (Phi) is 7.69. The first-order chi connectivity index (χ1) is 6.22. The van der Waals surface area contributed by atoms with Gasteiger partial charge in [-0.1, -0.05) is 26.7 Å². The Labute approximate surface area is 80.8 Å². The molecule has 3 nitrogen and oxygen atoms in total. The largest absolute Gasteiger partial charge is 0.469 e. The number of hydrogen-bond acceptors (Lipinski definition) is 3. The Hall–Kier alpha value is -0.570. The fraction of sp³-hybridized carbons (Fsp3) is 0.900. The number of nitrogens with one attached hydrogen (secondary N) is 1. The first kappa shape index (κ1) is 12.4. The van der Waals surface area contributed by atoms with Crippen LogP contribution in [0.5, 0.6) is 0 Å². The van der Waals surface area contributed by atoms with E-state index >= 15 is 0 Å². The molecular formula is C10H21NO2. The minimum absolute atomic E-state index is 0.0355. The fourth-order valence-electron chi connectivity index (χ4n) is 1.10. The Morgan fingerprint density at radius 1 is 1.46 bits per heavy atom. The lowest BCUT2D eigenvalue weighted by Crippen LogP contribution is -2.27. The molecule has 1 atom stereocenters. The average molecular weight is 187 g/mol. The lowest BCUT2D eigenvalue weighted by molar-refractivity contribution is -0.144. The highest BCUT2D eigenvalue weighted by molar-refractivity contribution is 5.71. The van der Waals surface area contributed by atoms with Crippen LogP contribution < -0.4 is 5.32 Å². The van der Waals surface area contributed by atoms with Crippen molar-refractivity contribution >= 4 is 5.97 Å². The van der Waals surface area contributed by atoms with Gasteiger partial charge in [-0.2, -0.15) is 0 Å². The van der Waals surface area contributed by atoms with E-state index in [0.717, 1.165) is 13.1 Å². The van der Waals surface area contributed by atoms with Gasteiger partial charge in [-0.05, 0) is 13.0 Å². The Morgan fingerprint density at radius 2 is 2.15 bits per heavy atom. The van der Waals surface area contributed by atoms with Crippen LogP contribution in [-0.2, 0) is 9.53 Å². The minimum atomic E-state index is -0.136. The molecule has 0 unspecified atom stereocenters. The SMILES string of the molecule is CCCCCNC[C@H](C)C(=O)OC. The van der Waals surface area contributed by atoms with Crippen LogP contribution in [0.15, 0.2) is 0 Å². The van der Waals surface area contributed by atoms with Crippen LogP contribution in [0.2, 0.25) is 0 Å². The normalized spacial score (nSPS) is 12.5. The standard InChI is InChI=1S/C10H21NO2/c1-4-5-6-7-11-8-9(2)10(12)13-3/h9,11H,4-8H2,1-3H3/t9-/m0/s1. The molecule has 13 heavy (non-hydrogen) atoms. The van der Waals surface area contributed by atoms with Crippen molar-refractivity contribution < 1.29 is 9.53 Å². The predicted molar refractivity (Wildman–Crippen MR) is 53.6 cm³/mol. The van der Waals surface area contributed by atoms with Gasteiger partial charge in [-0.15, -0.1) is 0 Å². The lowest BCUT2D eigenvalue weighted by atomic mass is 10.2. The fourth-order valence-corrected chi connectivity index (χ4v) is 1.10. The zero-order chi connectivity index (χ0) is 10.1. The Balaban J connectivity index is 3.26. The van der Waals surface area contributed by atoms with Crippen LogP contribution in [0.4, 0.5) is 0 Å². The molecule has 78 valence electrons. The molecule has 0 spiro atoms. The Bertz CT molecular complexity index is 137. The smallest absolute Gasteiger partial charge is 0.309 e. The zero-order valence-corrected chi connectivity index (χ0v) is 8.93. The molecular weight excluding hydrogens is 166 g/mol. The van der Waals surface area contributed by atoms with Gasteiger partial charge in [0.1, 0.15) is 0 Å². The summed E-state index contributed by atoms with van der Waals surface area (Å²) in [6.07, 6.45) is 3.66. The summed E-state index contributed by atoms with van der Waals surface area (Å²) in [6, 6.07) is 0. The Morgan fingerprint density at radius 3 is 2.69 bits per heavy atom. The summed E-state index contributed by atoms with van der Waals surface area (Å²) in [5, 5.41) is 3.23. The minimum Gasteiger partial charge on any atom is -0.469 e. The van der Waals surface area contributed by atoms with E-state index in [0.29, 0.717) is 0 Å². The molecule has 0 aromatic heterocycles. The summed E-state index contributed by atoms with van der Waals surface area (Å²) in [5.74, 6) is -0.172. The van der Waals surface area contributed by atoms with Crippen LogP contribution >= 0.6 is 0 Å². The second-order valence-electron chi connectivity index (χ2n) is 3.34. The van der Waals surface area contributed by atoms with Gasteiger partial charge in [0, 0.05) is 6.54 Å². The van der Waals surface area contributed by atoms with Crippen molar-refractivity contribution in [3.8, 4) is 0 Å². The van der Waals surface area contributed by atoms with Gasteiger partial charge in [0.05, 0.1) is 13.0 Å². The molecule has 0 aliphatic heterocycles. The number of unbranched alkanes of at least 4 members (excludes halogenated alkanes) is 2. The number of rotatable bonds is 7. The molecule has 0 bridgehead atoms. The van der Waals surface area contributed by atoms with E-state index in [1.165, 1.54) is 26.4 Å². The second kappa shape index (κ2) is 8.05. The molecule has 0 aliphatic rings. The van der Waals surface area contributed by atoms with E-state index < -0.39 is 0 Å². The molecule has 0 aromatic carbocycles. The van der Waals surface area contributed by atoms with E-state index in [2.05, 4.69) is 17.0 Å². The quantitative estimate of drug-likeness (QED) is 0.485. The van der Waals surface area contributed by atoms with Crippen LogP contribution in [0, 0.1) is 5.92 Å². The van der Waals surface area contributed by atoms with Crippen molar-refractivity contribution in [3.63, 3.8) is 0 Å². The van der Waals surface area contributed by atoms with Crippen LogP contribution in [-0.4, -0.2) is 26.2 Å². The highest BCUT2D eigenvalue weighted by Crippen LogP contribution is 1.96. The van der Waals surface area contributed by atoms with E-state index in [1.54, 1.807) is 0 Å². The van der Waals surface area contributed by atoms with Gasteiger partial charge in [-0.3, -0.25) is 4.79 Å². The summed E-state index contributed by atoms with van der Waals surface area (Å²) < 4.78 is 4.61. The number of methoxy groups -OCH3 is 1. The maximum atomic E-state index is 11.0. The molecule has 0 amide bonds. The monoisotopic (exact) mass is 187 g/mol. The third-order valence-electron chi connectivity index (χ3n) is 2.01. The first-order valence-corrected chi connectivity index (χ1v) is 5.00. The molecule has 0 rings (SSSR count). The van der Waals surface area contributed by atoms with Gasteiger partial charge in [-0.25, -0.2) is 0 Å². The van der Waals surface area contributed by atoms with Gasteiger partial charge >= 0.3 is 5.97 Å². The third-order valence-corrected chi connectivity index (χ3v) is 2.01. The topological polar surface area (TPSA) is 38.3 Å². The van der Waals surface area contributed by atoms with Gasteiger partial charge < -0.3 is 10.1 Å². The van der Waals surface area contributed by atoms with Crippen molar-refractivity contribution in [2.24, 2.45) is 5.92 Å². The maximum absolute atomic E-state index is 11.0. The summed E-state index contributed by atoms with van der Waals surface area (Å²) >= 11 is 0.